The smallest absolute Gasteiger partial charge is 0.192 e. The highest BCUT2D eigenvalue weighted by molar-refractivity contribution is 7.09. The molecule has 150 valence electrons. The summed E-state index contributed by atoms with van der Waals surface area (Å²) < 4.78 is 7.48. The summed E-state index contributed by atoms with van der Waals surface area (Å²) >= 11 is 1.67. The van der Waals surface area contributed by atoms with E-state index in [1.165, 1.54) is 4.88 Å². The van der Waals surface area contributed by atoms with Crippen molar-refractivity contribution >= 4 is 17.3 Å². The zero-order valence-corrected chi connectivity index (χ0v) is 17.4. The van der Waals surface area contributed by atoms with Gasteiger partial charge in [0.25, 0.3) is 0 Å². The fraction of sp³-hybridized carbons (Fsp3) is 0.421. The molecule has 0 saturated heterocycles. The summed E-state index contributed by atoms with van der Waals surface area (Å²) in [5, 5.41) is 27.5. The molecule has 3 aromatic heterocycles. The maximum atomic E-state index is 10.8. The van der Waals surface area contributed by atoms with Crippen LogP contribution in [0.3, 0.4) is 0 Å². The van der Waals surface area contributed by atoms with Crippen LogP contribution in [-0.4, -0.2) is 32.4 Å². The van der Waals surface area contributed by atoms with E-state index in [9.17, 15) is 5.11 Å². The van der Waals surface area contributed by atoms with Crippen molar-refractivity contribution in [3.05, 3.63) is 57.7 Å². The topological polar surface area (TPSA) is 101 Å². The van der Waals surface area contributed by atoms with E-state index in [0.717, 1.165) is 17.4 Å². The van der Waals surface area contributed by atoms with Gasteiger partial charge < -0.3 is 24.7 Å². The van der Waals surface area contributed by atoms with Crippen molar-refractivity contribution in [1.82, 2.24) is 25.4 Å². The van der Waals surface area contributed by atoms with Crippen LogP contribution >= 0.6 is 11.3 Å². The Morgan fingerprint density at radius 1 is 1.29 bits per heavy atom. The fourth-order valence-electron chi connectivity index (χ4n) is 2.56. The van der Waals surface area contributed by atoms with Crippen LogP contribution in [0.1, 0.15) is 35.0 Å². The SMILES string of the molecule is Cc1ccc(C(C)(O)CNC(=NCc2nnc(C)n2C)NCc2cccs2)o1. The molecule has 3 aromatic rings. The van der Waals surface area contributed by atoms with Crippen LogP contribution in [0.2, 0.25) is 0 Å². The molecule has 3 rings (SSSR count). The molecule has 0 saturated carbocycles. The molecule has 0 spiro atoms. The third-order valence-corrected chi connectivity index (χ3v) is 5.32. The lowest BCUT2D eigenvalue weighted by molar-refractivity contribution is 0.0378. The van der Waals surface area contributed by atoms with Crippen molar-refractivity contribution in [2.75, 3.05) is 6.54 Å². The van der Waals surface area contributed by atoms with Crippen LogP contribution in [0.25, 0.3) is 0 Å². The summed E-state index contributed by atoms with van der Waals surface area (Å²) in [5.74, 6) is 3.46. The van der Waals surface area contributed by atoms with Gasteiger partial charge in [-0.05, 0) is 44.4 Å². The summed E-state index contributed by atoms with van der Waals surface area (Å²) in [4.78, 5) is 5.80. The lowest BCUT2D eigenvalue weighted by Gasteiger charge is -2.23. The van der Waals surface area contributed by atoms with E-state index in [1.54, 1.807) is 24.3 Å². The van der Waals surface area contributed by atoms with Crippen LogP contribution < -0.4 is 10.6 Å². The van der Waals surface area contributed by atoms with Crippen molar-refractivity contribution in [1.29, 1.82) is 0 Å². The van der Waals surface area contributed by atoms with Gasteiger partial charge in [-0.15, -0.1) is 21.5 Å². The Kier molecular flexibility index (Phi) is 6.15. The number of aryl methyl sites for hydroxylation is 2. The quantitative estimate of drug-likeness (QED) is 0.414. The molecule has 0 amide bonds. The first-order chi connectivity index (χ1) is 13.3. The van der Waals surface area contributed by atoms with Crippen LogP contribution in [0.15, 0.2) is 39.1 Å². The maximum Gasteiger partial charge on any atom is 0.192 e. The van der Waals surface area contributed by atoms with Gasteiger partial charge >= 0.3 is 0 Å². The molecule has 0 bridgehead atoms. The zero-order valence-electron chi connectivity index (χ0n) is 16.6. The minimum atomic E-state index is -1.17. The van der Waals surface area contributed by atoms with Gasteiger partial charge in [0, 0.05) is 11.9 Å². The van der Waals surface area contributed by atoms with Crippen molar-refractivity contribution < 1.29 is 9.52 Å². The van der Waals surface area contributed by atoms with Crippen molar-refractivity contribution in [2.45, 2.75) is 39.5 Å². The molecule has 0 aliphatic heterocycles. The van der Waals surface area contributed by atoms with Gasteiger partial charge in [-0.3, -0.25) is 0 Å². The number of aromatic nitrogens is 3. The normalized spacial score (nSPS) is 14.1. The number of hydrogen-bond acceptors (Lipinski definition) is 6. The van der Waals surface area contributed by atoms with E-state index >= 15 is 0 Å². The van der Waals surface area contributed by atoms with Crippen LogP contribution in [0, 0.1) is 13.8 Å². The van der Waals surface area contributed by atoms with Gasteiger partial charge in [-0.2, -0.15) is 0 Å². The molecule has 0 aromatic carbocycles. The Hall–Kier alpha value is -2.65. The highest BCUT2D eigenvalue weighted by Crippen LogP contribution is 2.21. The van der Waals surface area contributed by atoms with E-state index in [-0.39, 0.29) is 6.54 Å². The Morgan fingerprint density at radius 3 is 2.71 bits per heavy atom. The molecule has 0 aliphatic carbocycles. The van der Waals surface area contributed by atoms with E-state index in [2.05, 4.69) is 31.9 Å². The third kappa shape index (κ3) is 4.99. The molecular weight excluding hydrogens is 376 g/mol. The largest absolute Gasteiger partial charge is 0.463 e. The van der Waals surface area contributed by atoms with E-state index in [0.29, 0.717) is 24.8 Å². The molecule has 9 heteroatoms. The highest BCUT2D eigenvalue weighted by Gasteiger charge is 2.27. The summed E-state index contributed by atoms with van der Waals surface area (Å²) in [5.41, 5.74) is -1.17. The van der Waals surface area contributed by atoms with Gasteiger partial charge in [0.2, 0.25) is 0 Å². The lowest BCUT2D eigenvalue weighted by atomic mass is 10.0. The molecule has 0 aliphatic rings. The lowest BCUT2D eigenvalue weighted by Crippen LogP contribution is -2.44. The average molecular weight is 403 g/mol. The number of aliphatic imine (C=N–C) groups is 1. The molecule has 1 unspecified atom stereocenters. The number of guanidine groups is 1. The minimum absolute atomic E-state index is 0.244. The van der Waals surface area contributed by atoms with Crippen LogP contribution in [0.4, 0.5) is 0 Å². The van der Waals surface area contributed by atoms with Gasteiger partial charge in [0.15, 0.2) is 11.8 Å². The molecule has 28 heavy (non-hydrogen) atoms. The van der Waals surface area contributed by atoms with E-state index < -0.39 is 5.60 Å². The number of hydrogen-bond donors (Lipinski definition) is 3. The Balaban J connectivity index is 1.69. The zero-order chi connectivity index (χ0) is 20.1. The molecule has 3 N–H and O–H groups in total. The van der Waals surface area contributed by atoms with Crippen LogP contribution in [-0.2, 0) is 25.7 Å². The van der Waals surface area contributed by atoms with Gasteiger partial charge in [-0.25, -0.2) is 4.99 Å². The van der Waals surface area contributed by atoms with Crippen molar-refractivity contribution in [3.63, 3.8) is 0 Å². The molecule has 0 fully saturated rings. The van der Waals surface area contributed by atoms with Crippen molar-refractivity contribution in [3.8, 4) is 0 Å². The number of aliphatic hydroxyl groups is 1. The predicted octanol–water partition coefficient (Wildman–Crippen LogP) is 2.23. The first-order valence-corrected chi connectivity index (χ1v) is 9.92. The summed E-state index contributed by atoms with van der Waals surface area (Å²) in [6.07, 6.45) is 0. The first kappa shape index (κ1) is 20.1. The van der Waals surface area contributed by atoms with Gasteiger partial charge in [0.05, 0.1) is 13.1 Å². The van der Waals surface area contributed by atoms with E-state index in [4.69, 9.17) is 4.42 Å². The standard InChI is InChI=1S/C19H26N6O2S/c1-13-7-8-16(27-13)19(3,26)12-22-18(20-10-15-6-5-9-28-15)21-11-17-24-23-14(2)25(17)4/h5-9,26H,10-12H2,1-4H3,(H2,20,21,22). The Morgan fingerprint density at radius 2 is 2.11 bits per heavy atom. The monoisotopic (exact) mass is 402 g/mol. The molecule has 3 heterocycles. The van der Waals surface area contributed by atoms with Gasteiger partial charge in [-0.1, -0.05) is 6.07 Å². The number of nitrogens with one attached hydrogen (secondary N) is 2. The number of rotatable bonds is 7. The van der Waals surface area contributed by atoms with Crippen LogP contribution in [0.5, 0.6) is 0 Å². The van der Waals surface area contributed by atoms with Crippen molar-refractivity contribution in [2.24, 2.45) is 12.0 Å². The fourth-order valence-corrected chi connectivity index (χ4v) is 3.21. The third-order valence-electron chi connectivity index (χ3n) is 4.44. The summed E-state index contributed by atoms with van der Waals surface area (Å²) in [6, 6.07) is 7.70. The maximum absolute atomic E-state index is 10.8. The Bertz CT molecular complexity index is 926. The molecule has 1 atom stereocenters. The highest BCUT2D eigenvalue weighted by atomic mass is 32.1. The van der Waals surface area contributed by atoms with Gasteiger partial charge in [0.1, 0.15) is 29.5 Å². The minimum Gasteiger partial charge on any atom is -0.463 e. The number of furan rings is 1. The predicted molar refractivity (Wildman–Crippen MR) is 109 cm³/mol. The van der Waals surface area contributed by atoms with E-state index in [1.807, 2.05) is 43.0 Å². The summed E-state index contributed by atoms with van der Waals surface area (Å²) in [6.45, 7) is 6.72. The molecule has 8 nitrogen and oxygen atoms in total. The average Bonchev–Trinajstić information content (AvgIpc) is 3.39. The first-order valence-electron chi connectivity index (χ1n) is 9.04. The second-order valence-corrected chi connectivity index (χ2v) is 7.89. The second kappa shape index (κ2) is 8.57. The molecular formula is C19H26N6O2S. The Labute approximate surface area is 168 Å². The number of thiophene rings is 1. The molecule has 0 radical (unpaired) electrons. The second-order valence-electron chi connectivity index (χ2n) is 6.86. The number of nitrogens with zero attached hydrogens (tertiary/aromatic N) is 4. The summed E-state index contributed by atoms with van der Waals surface area (Å²) in [7, 11) is 1.91.